The number of nitro groups is 1. The van der Waals surface area contributed by atoms with Crippen LogP contribution in [0.4, 0.5) is 0 Å². The molecule has 1 rings (SSSR count). The van der Waals surface area contributed by atoms with E-state index in [1.807, 2.05) is 0 Å². The Morgan fingerprint density at radius 1 is 1.73 bits per heavy atom. The zero-order valence-corrected chi connectivity index (χ0v) is 5.47. The van der Waals surface area contributed by atoms with E-state index in [2.05, 4.69) is 4.42 Å². The van der Waals surface area contributed by atoms with Gasteiger partial charge in [0.2, 0.25) is 6.29 Å². The summed E-state index contributed by atoms with van der Waals surface area (Å²) in [5.41, 5.74) is 0. The summed E-state index contributed by atoms with van der Waals surface area (Å²) in [6.45, 7) is 0. The molecule has 0 bridgehead atoms. The van der Waals surface area contributed by atoms with E-state index in [4.69, 9.17) is 0 Å². The minimum absolute atomic E-state index is 0.0602. The number of carbonyl (C=O) groups is 1. The summed E-state index contributed by atoms with van der Waals surface area (Å²) in [4.78, 5) is 19.6. The molecule has 0 fully saturated rings. The molecule has 0 saturated carbocycles. The molecule has 1 aromatic rings. The van der Waals surface area contributed by atoms with Gasteiger partial charge >= 0.3 is 6.04 Å². The first-order valence-electron chi connectivity index (χ1n) is 2.88. The van der Waals surface area contributed by atoms with Crippen molar-refractivity contribution in [1.29, 1.82) is 0 Å². The van der Waals surface area contributed by atoms with Crippen molar-refractivity contribution in [1.82, 2.24) is 0 Å². The first kappa shape index (κ1) is 7.46. The number of furan rings is 1. The molecule has 5 nitrogen and oxygen atoms in total. The van der Waals surface area contributed by atoms with Gasteiger partial charge in [-0.25, -0.2) is 0 Å². The molecule has 58 valence electrons. The molecular weight excluding hydrogens is 150 g/mol. The second-order valence-corrected chi connectivity index (χ2v) is 1.88. The summed E-state index contributed by atoms with van der Waals surface area (Å²) in [7, 11) is 0. The Labute approximate surface area is 61.8 Å². The highest BCUT2D eigenvalue weighted by Crippen LogP contribution is 2.13. The van der Waals surface area contributed by atoms with Crippen molar-refractivity contribution in [2.75, 3.05) is 0 Å². The fraction of sp³-hybridized carbons (Fsp3) is 0.167. The van der Waals surface area contributed by atoms with Gasteiger partial charge in [-0.2, -0.15) is 0 Å². The summed E-state index contributed by atoms with van der Waals surface area (Å²) in [5.74, 6) is 0.0602. The van der Waals surface area contributed by atoms with Gasteiger partial charge in [-0.3, -0.25) is 14.9 Å². The second-order valence-electron chi connectivity index (χ2n) is 1.88. The predicted molar refractivity (Wildman–Crippen MR) is 34.5 cm³/mol. The van der Waals surface area contributed by atoms with Crippen LogP contribution in [0.15, 0.2) is 22.8 Å². The molecule has 0 N–H and O–H groups in total. The average molecular weight is 155 g/mol. The molecule has 0 saturated heterocycles. The predicted octanol–water partition coefficient (Wildman–Crippen LogP) is 0.796. The van der Waals surface area contributed by atoms with E-state index in [9.17, 15) is 14.9 Å². The van der Waals surface area contributed by atoms with E-state index in [1.165, 1.54) is 18.4 Å². The summed E-state index contributed by atoms with van der Waals surface area (Å²) >= 11 is 0. The number of nitrogens with zero attached hydrogens (tertiary/aromatic N) is 1. The zero-order valence-electron chi connectivity index (χ0n) is 5.47. The molecule has 1 aromatic heterocycles. The minimum atomic E-state index is -1.37. The van der Waals surface area contributed by atoms with E-state index in [-0.39, 0.29) is 12.0 Å². The highest BCUT2D eigenvalue weighted by atomic mass is 16.6. The Bertz CT molecular complexity index is 254. The van der Waals surface area contributed by atoms with E-state index in [0.717, 1.165) is 0 Å². The molecule has 0 aromatic carbocycles. The van der Waals surface area contributed by atoms with Crippen LogP contribution in [0, 0.1) is 10.1 Å². The largest absolute Gasteiger partial charge is 0.462 e. The molecule has 1 heterocycles. The standard InChI is InChI=1S/C6H5NO4/c8-4-5(7(9)10)6-2-1-3-11-6/h1-5H. The lowest BCUT2D eigenvalue weighted by Crippen LogP contribution is -2.10. The van der Waals surface area contributed by atoms with Crippen LogP contribution in [0.5, 0.6) is 0 Å². The van der Waals surface area contributed by atoms with Crippen LogP contribution < -0.4 is 0 Å². The summed E-state index contributed by atoms with van der Waals surface area (Å²) in [6.07, 6.45) is 1.52. The van der Waals surface area contributed by atoms with Crippen LogP contribution >= 0.6 is 0 Å². The van der Waals surface area contributed by atoms with E-state index < -0.39 is 11.0 Å². The quantitative estimate of drug-likeness (QED) is 0.367. The lowest BCUT2D eigenvalue weighted by atomic mass is 10.3. The molecule has 0 aliphatic heterocycles. The third-order valence-electron chi connectivity index (χ3n) is 1.19. The van der Waals surface area contributed by atoms with E-state index in [1.54, 1.807) is 0 Å². The molecule has 5 heteroatoms. The maximum atomic E-state index is 10.1. The number of hydrogen-bond acceptors (Lipinski definition) is 4. The topological polar surface area (TPSA) is 73.3 Å². The number of hydrogen-bond donors (Lipinski definition) is 0. The van der Waals surface area contributed by atoms with Crippen LogP contribution in [0.2, 0.25) is 0 Å². The zero-order chi connectivity index (χ0) is 8.27. The summed E-state index contributed by atoms with van der Waals surface area (Å²) < 4.78 is 4.67. The molecule has 0 radical (unpaired) electrons. The molecular formula is C6H5NO4. The van der Waals surface area contributed by atoms with Gasteiger partial charge in [0.25, 0.3) is 0 Å². The smallest absolute Gasteiger partial charge is 0.323 e. The maximum Gasteiger partial charge on any atom is 0.323 e. The van der Waals surface area contributed by atoms with Gasteiger partial charge in [0.15, 0.2) is 5.76 Å². The van der Waals surface area contributed by atoms with Crippen molar-refractivity contribution in [2.45, 2.75) is 6.04 Å². The number of carbonyl (C=O) groups excluding carboxylic acids is 1. The molecule has 1 unspecified atom stereocenters. The molecule has 1 atom stereocenters. The third kappa shape index (κ3) is 1.43. The van der Waals surface area contributed by atoms with E-state index >= 15 is 0 Å². The molecule has 0 aliphatic rings. The highest BCUT2D eigenvalue weighted by Gasteiger charge is 2.23. The Balaban J connectivity index is 2.88. The Kier molecular flexibility index (Phi) is 2.00. The van der Waals surface area contributed by atoms with Gasteiger partial charge in [0.1, 0.15) is 0 Å². The molecule has 0 aliphatic carbocycles. The fourth-order valence-electron chi connectivity index (χ4n) is 0.680. The van der Waals surface area contributed by atoms with Crippen molar-refractivity contribution in [3.05, 3.63) is 34.3 Å². The van der Waals surface area contributed by atoms with Gasteiger partial charge < -0.3 is 4.42 Å². The highest BCUT2D eigenvalue weighted by molar-refractivity contribution is 5.57. The third-order valence-corrected chi connectivity index (χ3v) is 1.19. The second kappa shape index (κ2) is 2.96. The number of rotatable bonds is 3. The van der Waals surface area contributed by atoms with Crippen LogP contribution in [-0.2, 0) is 4.79 Å². The van der Waals surface area contributed by atoms with Crippen LogP contribution in [0.1, 0.15) is 11.8 Å². The number of aldehydes is 1. The first-order valence-corrected chi connectivity index (χ1v) is 2.88. The first-order chi connectivity index (χ1) is 5.25. The molecule has 0 spiro atoms. The van der Waals surface area contributed by atoms with E-state index in [0.29, 0.717) is 0 Å². The average Bonchev–Trinajstić information content (AvgIpc) is 2.40. The van der Waals surface area contributed by atoms with Gasteiger partial charge in [-0.1, -0.05) is 0 Å². The van der Waals surface area contributed by atoms with Crippen LogP contribution in [-0.4, -0.2) is 11.2 Å². The molecule has 0 amide bonds. The monoisotopic (exact) mass is 155 g/mol. The van der Waals surface area contributed by atoms with Gasteiger partial charge in [0.05, 0.1) is 6.26 Å². The maximum absolute atomic E-state index is 10.1. The Morgan fingerprint density at radius 2 is 2.45 bits per heavy atom. The normalized spacial score (nSPS) is 12.4. The fourth-order valence-corrected chi connectivity index (χ4v) is 0.680. The summed E-state index contributed by atoms with van der Waals surface area (Å²) in [6, 6.07) is 1.52. The van der Waals surface area contributed by atoms with Crippen molar-refractivity contribution in [3.8, 4) is 0 Å². The van der Waals surface area contributed by atoms with Crippen LogP contribution in [0.25, 0.3) is 0 Å². The Morgan fingerprint density at radius 3 is 2.82 bits per heavy atom. The van der Waals surface area contributed by atoms with Crippen molar-refractivity contribution >= 4 is 6.29 Å². The van der Waals surface area contributed by atoms with Gasteiger partial charge in [-0.05, 0) is 12.1 Å². The van der Waals surface area contributed by atoms with Crippen molar-refractivity contribution in [3.63, 3.8) is 0 Å². The lowest BCUT2D eigenvalue weighted by Gasteiger charge is -1.95. The van der Waals surface area contributed by atoms with Crippen molar-refractivity contribution in [2.24, 2.45) is 0 Å². The van der Waals surface area contributed by atoms with Crippen LogP contribution in [0.3, 0.4) is 0 Å². The lowest BCUT2D eigenvalue weighted by molar-refractivity contribution is -0.513. The SMILES string of the molecule is O=CC(c1ccco1)[N+](=O)[O-]. The van der Waals surface area contributed by atoms with Gasteiger partial charge in [0, 0.05) is 4.92 Å². The Hall–Kier alpha value is -1.65. The van der Waals surface area contributed by atoms with Crippen molar-refractivity contribution < 1.29 is 14.1 Å². The van der Waals surface area contributed by atoms with Gasteiger partial charge in [-0.15, -0.1) is 0 Å². The minimum Gasteiger partial charge on any atom is -0.462 e. The summed E-state index contributed by atoms with van der Waals surface area (Å²) in [5, 5.41) is 10.1. The molecule has 11 heavy (non-hydrogen) atoms.